The summed E-state index contributed by atoms with van der Waals surface area (Å²) in [6, 6.07) is 3.28. The van der Waals surface area contributed by atoms with E-state index < -0.39 is 23.1 Å². The van der Waals surface area contributed by atoms with Gasteiger partial charge in [0, 0.05) is 18.3 Å². The number of aromatic amines is 1. The Labute approximate surface area is 95.7 Å². The summed E-state index contributed by atoms with van der Waals surface area (Å²) in [6.07, 6.45) is 3.09. The number of rotatable bonds is 3. The van der Waals surface area contributed by atoms with Gasteiger partial charge in [0.2, 0.25) is 0 Å². The van der Waals surface area contributed by atoms with Crippen LogP contribution in [0.4, 0.5) is 8.78 Å². The number of carbonyl (C=O) groups excluding carboxylic acids is 1. The van der Waals surface area contributed by atoms with Crippen LogP contribution in [0.1, 0.15) is 15.9 Å². The van der Waals surface area contributed by atoms with E-state index in [9.17, 15) is 13.6 Å². The fraction of sp³-hybridized carbons (Fsp3) is 0.0909. The Morgan fingerprint density at radius 3 is 2.65 bits per heavy atom. The summed E-state index contributed by atoms with van der Waals surface area (Å²) in [5.41, 5.74) is 0.145. The van der Waals surface area contributed by atoms with E-state index in [1.54, 1.807) is 6.20 Å². The zero-order valence-corrected chi connectivity index (χ0v) is 8.71. The molecule has 0 unspecified atom stereocenters. The molecule has 0 aliphatic rings. The highest BCUT2D eigenvalue weighted by atomic mass is 19.1. The molecule has 0 radical (unpaired) electrons. The topological polar surface area (TPSA) is 57.8 Å². The van der Waals surface area contributed by atoms with Crippen molar-refractivity contribution in [3.63, 3.8) is 0 Å². The zero-order chi connectivity index (χ0) is 12.3. The van der Waals surface area contributed by atoms with Crippen molar-refractivity contribution in [2.24, 2.45) is 0 Å². The maximum absolute atomic E-state index is 13.2. The van der Waals surface area contributed by atoms with Gasteiger partial charge in [-0.3, -0.25) is 9.89 Å². The van der Waals surface area contributed by atoms with Crippen molar-refractivity contribution in [2.75, 3.05) is 0 Å². The molecule has 0 saturated heterocycles. The van der Waals surface area contributed by atoms with Crippen LogP contribution < -0.4 is 5.32 Å². The summed E-state index contributed by atoms with van der Waals surface area (Å²) in [6.45, 7) is 0.156. The molecular weight excluding hydrogens is 228 g/mol. The molecule has 0 fully saturated rings. The summed E-state index contributed by atoms with van der Waals surface area (Å²) in [5, 5.41) is 8.65. The Kier molecular flexibility index (Phi) is 3.13. The van der Waals surface area contributed by atoms with Gasteiger partial charge < -0.3 is 5.32 Å². The van der Waals surface area contributed by atoms with Crippen LogP contribution in [0.2, 0.25) is 0 Å². The molecule has 1 aromatic carbocycles. The first-order valence-electron chi connectivity index (χ1n) is 4.88. The van der Waals surface area contributed by atoms with E-state index in [0.717, 1.165) is 17.7 Å². The van der Waals surface area contributed by atoms with Gasteiger partial charge in [-0.15, -0.1) is 0 Å². The Balaban J connectivity index is 2.10. The highest BCUT2D eigenvalue weighted by molar-refractivity contribution is 5.94. The number of hydrogen-bond donors (Lipinski definition) is 2. The van der Waals surface area contributed by atoms with Gasteiger partial charge in [0.05, 0.1) is 6.20 Å². The Morgan fingerprint density at radius 1 is 1.35 bits per heavy atom. The van der Waals surface area contributed by atoms with E-state index >= 15 is 0 Å². The van der Waals surface area contributed by atoms with Crippen LogP contribution >= 0.6 is 0 Å². The van der Waals surface area contributed by atoms with E-state index in [1.165, 1.54) is 12.3 Å². The second kappa shape index (κ2) is 4.73. The van der Waals surface area contributed by atoms with Gasteiger partial charge >= 0.3 is 0 Å². The van der Waals surface area contributed by atoms with Crippen molar-refractivity contribution in [1.29, 1.82) is 0 Å². The second-order valence-corrected chi connectivity index (χ2v) is 3.39. The van der Waals surface area contributed by atoms with Crippen molar-refractivity contribution >= 4 is 5.91 Å². The number of nitrogens with zero attached hydrogens (tertiary/aromatic N) is 1. The largest absolute Gasteiger partial charge is 0.348 e. The number of hydrogen-bond acceptors (Lipinski definition) is 2. The number of aromatic nitrogens is 2. The van der Waals surface area contributed by atoms with E-state index in [-0.39, 0.29) is 6.54 Å². The Morgan fingerprint density at radius 2 is 2.06 bits per heavy atom. The molecule has 1 amide bonds. The number of carbonyl (C=O) groups is 1. The molecule has 0 aliphatic carbocycles. The van der Waals surface area contributed by atoms with Crippen LogP contribution in [0.25, 0.3) is 0 Å². The number of nitrogens with one attached hydrogen (secondary N) is 2. The lowest BCUT2D eigenvalue weighted by molar-refractivity contribution is 0.0942. The first-order valence-corrected chi connectivity index (χ1v) is 4.88. The standard InChI is InChI=1S/C11H9F2N3O/c12-8-2-1-3-9(13)10(8)11(17)14-4-7-5-15-16-6-7/h1-3,5-6H,4H2,(H,14,17)(H,15,16). The molecule has 4 nitrogen and oxygen atoms in total. The average molecular weight is 237 g/mol. The maximum Gasteiger partial charge on any atom is 0.257 e. The molecule has 2 N–H and O–H groups in total. The first kappa shape index (κ1) is 11.3. The van der Waals surface area contributed by atoms with E-state index in [1.807, 2.05) is 0 Å². The molecule has 2 aromatic rings. The van der Waals surface area contributed by atoms with Crippen molar-refractivity contribution in [2.45, 2.75) is 6.54 Å². The van der Waals surface area contributed by atoms with Crippen molar-refractivity contribution < 1.29 is 13.6 Å². The van der Waals surface area contributed by atoms with Gasteiger partial charge in [-0.2, -0.15) is 5.10 Å². The molecule has 17 heavy (non-hydrogen) atoms. The Bertz CT molecular complexity index is 505. The first-order chi connectivity index (χ1) is 8.18. The quantitative estimate of drug-likeness (QED) is 0.852. The second-order valence-electron chi connectivity index (χ2n) is 3.39. The third kappa shape index (κ3) is 2.47. The predicted molar refractivity (Wildman–Crippen MR) is 56.1 cm³/mol. The van der Waals surface area contributed by atoms with Gasteiger partial charge in [0.15, 0.2) is 0 Å². The molecule has 0 aliphatic heterocycles. The number of H-pyrrole nitrogens is 1. The normalized spacial score (nSPS) is 10.2. The van der Waals surface area contributed by atoms with Crippen LogP contribution in [-0.4, -0.2) is 16.1 Å². The minimum atomic E-state index is -0.880. The Hall–Kier alpha value is -2.24. The number of benzene rings is 1. The third-order valence-corrected chi connectivity index (χ3v) is 2.20. The SMILES string of the molecule is O=C(NCc1cn[nH]c1)c1c(F)cccc1F. The molecule has 0 atom stereocenters. The predicted octanol–water partition coefficient (Wildman–Crippen LogP) is 1.62. The third-order valence-electron chi connectivity index (χ3n) is 2.20. The monoisotopic (exact) mass is 237 g/mol. The van der Waals surface area contributed by atoms with Gasteiger partial charge in [0.25, 0.3) is 5.91 Å². The van der Waals surface area contributed by atoms with Crippen molar-refractivity contribution in [3.05, 3.63) is 53.4 Å². The lowest BCUT2D eigenvalue weighted by Crippen LogP contribution is -2.24. The summed E-state index contributed by atoms with van der Waals surface area (Å²) >= 11 is 0. The summed E-state index contributed by atoms with van der Waals surface area (Å²) in [5.74, 6) is -2.55. The molecule has 0 spiro atoms. The van der Waals surface area contributed by atoms with Crippen LogP contribution in [0.3, 0.4) is 0 Å². The highest BCUT2D eigenvalue weighted by Gasteiger charge is 2.16. The smallest absolute Gasteiger partial charge is 0.257 e. The molecular formula is C11H9F2N3O. The molecule has 0 saturated carbocycles. The van der Waals surface area contributed by atoms with E-state index in [4.69, 9.17) is 0 Å². The average Bonchev–Trinajstić information content (AvgIpc) is 2.79. The minimum Gasteiger partial charge on any atom is -0.348 e. The molecule has 88 valence electrons. The lowest BCUT2D eigenvalue weighted by atomic mass is 10.2. The van der Waals surface area contributed by atoms with Crippen LogP contribution in [0.5, 0.6) is 0 Å². The van der Waals surface area contributed by atoms with E-state index in [0.29, 0.717) is 0 Å². The summed E-state index contributed by atoms with van der Waals surface area (Å²) in [7, 11) is 0. The van der Waals surface area contributed by atoms with Gasteiger partial charge in [-0.05, 0) is 12.1 Å². The maximum atomic E-state index is 13.2. The highest BCUT2D eigenvalue weighted by Crippen LogP contribution is 2.11. The molecule has 1 aromatic heterocycles. The minimum absolute atomic E-state index is 0.156. The summed E-state index contributed by atoms with van der Waals surface area (Å²) < 4.78 is 26.5. The fourth-order valence-electron chi connectivity index (χ4n) is 1.36. The molecule has 6 heteroatoms. The van der Waals surface area contributed by atoms with Crippen LogP contribution in [-0.2, 0) is 6.54 Å². The summed E-state index contributed by atoms with van der Waals surface area (Å²) in [4.78, 5) is 11.6. The fourth-order valence-corrected chi connectivity index (χ4v) is 1.36. The number of amides is 1. The van der Waals surface area contributed by atoms with Crippen molar-refractivity contribution in [3.8, 4) is 0 Å². The molecule has 0 bridgehead atoms. The van der Waals surface area contributed by atoms with Crippen molar-refractivity contribution in [1.82, 2.24) is 15.5 Å². The van der Waals surface area contributed by atoms with E-state index in [2.05, 4.69) is 15.5 Å². The molecule has 2 rings (SSSR count). The van der Waals surface area contributed by atoms with Gasteiger partial charge in [-0.1, -0.05) is 6.07 Å². The molecule has 1 heterocycles. The number of halogens is 2. The van der Waals surface area contributed by atoms with Gasteiger partial charge in [0.1, 0.15) is 17.2 Å². The zero-order valence-electron chi connectivity index (χ0n) is 8.71. The van der Waals surface area contributed by atoms with Gasteiger partial charge in [-0.25, -0.2) is 8.78 Å². The lowest BCUT2D eigenvalue weighted by Gasteiger charge is -2.05. The van der Waals surface area contributed by atoms with Crippen LogP contribution in [0, 0.1) is 11.6 Å². The van der Waals surface area contributed by atoms with Crippen LogP contribution in [0.15, 0.2) is 30.6 Å².